The quantitative estimate of drug-likeness (QED) is 0.808. The average Bonchev–Trinajstić information content (AvgIpc) is 2.37. The number of rotatable bonds is 4. The Morgan fingerprint density at radius 2 is 2.06 bits per heavy atom. The molecule has 0 saturated carbocycles. The number of benzene rings is 1. The van der Waals surface area contributed by atoms with Crippen molar-refractivity contribution >= 4 is 5.91 Å². The van der Waals surface area contributed by atoms with Gasteiger partial charge in [-0.15, -0.1) is 0 Å². The number of hydrogen-bond acceptors (Lipinski definition) is 4. The van der Waals surface area contributed by atoms with Gasteiger partial charge in [-0.1, -0.05) is 0 Å². The highest BCUT2D eigenvalue weighted by molar-refractivity contribution is 5.80. The van der Waals surface area contributed by atoms with Crippen molar-refractivity contribution in [3.63, 3.8) is 0 Å². The number of methoxy groups -OCH3 is 1. The fourth-order valence-electron chi connectivity index (χ4n) is 1.44. The summed E-state index contributed by atoms with van der Waals surface area (Å²) in [4.78, 5) is 13.1. The molecule has 0 aliphatic carbocycles. The summed E-state index contributed by atoms with van der Waals surface area (Å²) >= 11 is 0. The molecule has 1 aromatic carbocycles. The Kier molecular flexibility index (Phi) is 4.55. The summed E-state index contributed by atoms with van der Waals surface area (Å²) in [6, 6.07) is 6.82. The third-order valence-electron chi connectivity index (χ3n) is 2.39. The van der Waals surface area contributed by atoms with Crippen LogP contribution in [0.1, 0.15) is 12.5 Å². The van der Waals surface area contributed by atoms with Crippen molar-refractivity contribution in [2.75, 3.05) is 21.2 Å². The summed E-state index contributed by atoms with van der Waals surface area (Å²) in [6.45, 7) is 1.67. The smallest absolute Gasteiger partial charge is 0.262 e. The summed E-state index contributed by atoms with van der Waals surface area (Å²) < 4.78 is 10.7. The van der Waals surface area contributed by atoms with E-state index in [1.807, 2.05) is 6.07 Å². The molecule has 0 N–H and O–H groups in total. The minimum Gasteiger partial charge on any atom is -0.493 e. The van der Waals surface area contributed by atoms with Crippen LogP contribution in [0.5, 0.6) is 11.5 Å². The van der Waals surface area contributed by atoms with Gasteiger partial charge < -0.3 is 14.4 Å². The van der Waals surface area contributed by atoms with Crippen LogP contribution >= 0.6 is 0 Å². The Balaban J connectivity index is 2.91. The molecular weight excluding hydrogens is 232 g/mol. The van der Waals surface area contributed by atoms with E-state index in [0.717, 1.165) is 0 Å². The van der Waals surface area contributed by atoms with Crippen LogP contribution in [0.25, 0.3) is 0 Å². The van der Waals surface area contributed by atoms with Crippen molar-refractivity contribution in [2.24, 2.45) is 0 Å². The highest BCUT2D eigenvalue weighted by Crippen LogP contribution is 2.28. The molecule has 0 fully saturated rings. The van der Waals surface area contributed by atoms with Crippen molar-refractivity contribution in [3.8, 4) is 17.6 Å². The Hall–Kier alpha value is -2.22. The number of hydrogen-bond donors (Lipinski definition) is 0. The molecule has 0 aliphatic rings. The average molecular weight is 248 g/mol. The molecule has 96 valence electrons. The highest BCUT2D eigenvalue weighted by atomic mass is 16.5. The number of carbonyl (C=O) groups is 1. The van der Waals surface area contributed by atoms with Gasteiger partial charge in [0.1, 0.15) is 0 Å². The van der Waals surface area contributed by atoms with Crippen LogP contribution in [-0.4, -0.2) is 38.1 Å². The first-order valence-corrected chi connectivity index (χ1v) is 5.45. The van der Waals surface area contributed by atoms with E-state index >= 15 is 0 Å². The Labute approximate surface area is 107 Å². The number of nitriles is 1. The molecule has 0 saturated heterocycles. The van der Waals surface area contributed by atoms with Gasteiger partial charge in [-0.2, -0.15) is 5.26 Å². The van der Waals surface area contributed by atoms with Crippen LogP contribution in [0, 0.1) is 11.3 Å². The number of nitrogens with zero attached hydrogens (tertiary/aromatic N) is 2. The molecule has 0 radical (unpaired) electrons. The van der Waals surface area contributed by atoms with Crippen molar-refractivity contribution in [1.29, 1.82) is 5.26 Å². The second kappa shape index (κ2) is 5.92. The first kappa shape index (κ1) is 13.8. The van der Waals surface area contributed by atoms with Crippen molar-refractivity contribution in [2.45, 2.75) is 13.0 Å². The SMILES string of the molecule is COc1cc(C#N)ccc1O[C@@H](C)C(=O)N(C)C. The van der Waals surface area contributed by atoms with E-state index < -0.39 is 6.10 Å². The minimum absolute atomic E-state index is 0.138. The first-order valence-electron chi connectivity index (χ1n) is 5.45. The molecule has 0 heterocycles. The fourth-order valence-corrected chi connectivity index (χ4v) is 1.44. The van der Waals surface area contributed by atoms with Gasteiger partial charge in [-0.05, 0) is 19.1 Å². The van der Waals surface area contributed by atoms with Crippen LogP contribution in [0.4, 0.5) is 0 Å². The van der Waals surface area contributed by atoms with Crippen LogP contribution in [-0.2, 0) is 4.79 Å². The Morgan fingerprint density at radius 3 is 2.56 bits per heavy atom. The van der Waals surface area contributed by atoms with Crippen molar-refractivity contribution in [1.82, 2.24) is 4.90 Å². The third kappa shape index (κ3) is 3.14. The summed E-state index contributed by atoms with van der Waals surface area (Å²) in [6.07, 6.45) is -0.609. The van der Waals surface area contributed by atoms with Gasteiger partial charge >= 0.3 is 0 Å². The molecule has 0 spiro atoms. The predicted molar refractivity (Wildman–Crippen MR) is 66.5 cm³/mol. The van der Waals surface area contributed by atoms with Gasteiger partial charge in [0.2, 0.25) is 0 Å². The fraction of sp³-hybridized carbons (Fsp3) is 0.385. The summed E-state index contributed by atoms with van der Waals surface area (Å²) in [5, 5.41) is 8.78. The minimum atomic E-state index is -0.609. The van der Waals surface area contributed by atoms with Crippen LogP contribution in [0.3, 0.4) is 0 Å². The Morgan fingerprint density at radius 1 is 1.39 bits per heavy atom. The van der Waals surface area contributed by atoms with Gasteiger partial charge in [-0.25, -0.2) is 0 Å². The molecule has 1 aromatic rings. The zero-order valence-corrected chi connectivity index (χ0v) is 10.9. The Bertz CT molecular complexity index is 478. The summed E-state index contributed by atoms with van der Waals surface area (Å²) in [7, 11) is 4.82. The third-order valence-corrected chi connectivity index (χ3v) is 2.39. The molecule has 0 aliphatic heterocycles. The molecule has 5 heteroatoms. The van der Waals surface area contributed by atoms with Gasteiger partial charge in [0.15, 0.2) is 17.6 Å². The van der Waals surface area contributed by atoms with E-state index in [9.17, 15) is 4.79 Å². The van der Waals surface area contributed by atoms with Crippen LogP contribution in [0.2, 0.25) is 0 Å². The lowest BCUT2D eigenvalue weighted by Gasteiger charge is -2.19. The predicted octanol–water partition coefficient (Wildman–Crippen LogP) is 1.42. The van der Waals surface area contributed by atoms with E-state index in [0.29, 0.717) is 17.1 Å². The number of likely N-dealkylation sites (N-methyl/N-ethyl adjacent to an activating group) is 1. The maximum Gasteiger partial charge on any atom is 0.262 e. The van der Waals surface area contributed by atoms with Gasteiger partial charge in [0.05, 0.1) is 18.7 Å². The molecule has 0 bridgehead atoms. The van der Waals surface area contributed by atoms with Crippen LogP contribution in [0.15, 0.2) is 18.2 Å². The standard InChI is InChI=1S/C13H16N2O3/c1-9(13(16)15(2)3)18-11-6-5-10(8-14)7-12(11)17-4/h5-7,9H,1-4H3/t9-/m0/s1. The molecule has 18 heavy (non-hydrogen) atoms. The second-order valence-corrected chi connectivity index (χ2v) is 3.97. The molecule has 1 atom stereocenters. The van der Waals surface area contributed by atoms with Crippen molar-refractivity contribution in [3.05, 3.63) is 23.8 Å². The largest absolute Gasteiger partial charge is 0.493 e. The topological polar surface area (TPSA) is 62.6 Å². The van der Waals surface area contributed by atoms with Gasteiger partial charge in [0.25, 0.3) is 5.91 Å². The van der Waals surface area contributed by atoms with E-state index in [1.165, 1.54) is 12.0 Å². The van der Waals surface area contributed by atoms with E-state index in [4.69, 9.17) is 14.7 Å². The molecule has 5 nitrogen and oxygen atoms in total. The maximum atomic E-state index is 11.7. The number of carbonyl (C=O) groups excluding carboxylic acids is 1. The van der Waals surface area contributed by atoms with Crippen LogP contribution < -0.4 is 9.47 Å². The zero-order valence-electron chi connectivity index (χ0n) is 10.9. The molecule has 1 amide bonds. The maximum absolute atomic E-state index is 11.7. The zero-order chi connectivity index (χ0) is 13.7. The molecule has 0 aromatic heterocycles. The first-order chi connectivity index (χ1) is 8.49. The van der Waals surface area contributed by atoms with Crippen molar-refractivity contribution < 1.29 is 14.3 Å². The van der Waals surface area contributed by atoms with Gasteiger partial charge in [-0.3, -0.25) is 4.79 Å². The normalized spacial score (nSPS) is 11.3. The lowest BCUT2D eigenvalue weighted by Crippen LogP contribution is -2.35. The van der Waals surface area contributed by atoms with Gasteiger partial charge in [0, 0.05) is 20.2 Å². The molecule has 1 rings (SSSR count). The lowest BCUT2D eigenvalue weighted by molar-refractivity contribution is -0.135. The van der Waals surface area contributed by atoms with E-state index in [-0.39, 0.29) is 5.91 Å². The van der Waals surface area contributed by atoms with E-state index in [1.54, 1.807) is 39.2 Å². The highest BCUT2D eigenvalue weighted by Gasteiger charge is 2.18. The molecular formula is C13H16N2O3. The summed E-state index contributed by atoms with van der Waals surface area (Å²) in [5.41, 5.74) is 0.478. The monoisotopic (exact) mass is 248 g/mol. The lowest BCUT2D eigenvalue weighted by atomic mass is 10.2. The summed E-state index contributed by atoms with van der Waals surface area (Å²) in [5.74, 6) is 0.744. The molecule has 0 unspecified atom stereocenters. The van der Waals surface area contributed by atoms with E-state index in [2.05, 4.69) is 0 Å². The second-order valence-electron chi connectivity index (χ2n) is 3.97. The number of ether oxygens (including phenoxy) is 2. The number of amides is 1.